The van der Waals surface area contributed by atoms with Crippen LogP contribution in [0.4, 0.5) is 10.1 Å². The van der Waals surface area contributed by atoms with Crippen LogP contribution in [0.3, 0.4) is 0 Å². The predicted octanol–water partition coefficient (Wildman–Crippen LogP) is 1.78. The molecule has 1 saturated carbocycles. The van der Waals surface area contributed by atoms with Gasteiger partial charge in [-0.1, -0.05) is 12.1 Å². The van der Waals surface area contributed by atoms with E-state index in [0.29, 0.717) is 13.1 Å². The van der Waals surface area contributed by atoms with Gasteiger partial charge >= 0.3 is 0 Å². The van der Waals surface area contributed by atoms with Crippen molar-refractivity contribution in [1.82, 2.24) is 9.62 Å². The molecule has 0 bridgehead atoms. The SMILES string of the molecule is O=C(c1ccccc1F)N1C[C@@H]2C(NS(=O)(=O)c3ccc([N+](=O)[O-])cc3)[C@@H]2C1. The monoisotopic (exact) mass is 405 g/mol. The Morgan fingerprint density at radius 1 is 1.11 bits per heavy atom. The zero-order chi connectivity index (χ0) is 20.1. The van der Waals surface area contributed by atoms with Crippen LogP contribution in [0.5, 0.6) is 0 Å². The first-order chi connectivity index (χ1) is 13.3. The lowest BCUT2D eigenvalue weighted by Gasteiger charge is -2.20. The molecule has 1 aliphatic carbocycles. The fourth-order valence-electron chi connectivity index (χ4n) is 3.67. The van der Waals surface area contributed by atoms with Crippen LogP contribution in [-0.2, 0) is 10.0 Å². The Morgan fingerprint density at radius 3 is 2.29 bits per heavy atom. The van der Waals surface area contributed by atoms with Gasteiger partial charge in [0, 0.05) is 31.3 Å². The minimum Gasteiger partial charge on any atom is -0.338 e. The Kier molecular flexibility index (Phi) is 4.39. The summed E-state index contributed by atoms with van der Waals surface area (Å²) < 4.78 is 41.3. The Morgan fingerprint density at radius 2 is 1.71 bits per heavy atom. The second-order valence-electron chi connectivity index (χ2n) is 6.92. The maximum Gasteiger partial charge on any atom is 0.269 e. The standard InChI is InChI=1S/C18H16FN3O5S/c19-16-4-2-1-3-13(16)18(23)21-9-14-15(10-21)17(14)20-28(26,27)12-7-5-11(6-8-12)22(24)25/h1-8,14-15,17,20H,9-10H2/t14-,15+,17?. The molecular formula is C18H16FN3O5S. The average molecular weight is 405 g/mol. The fraction of sp³-hybridized carbons (Fsp3) is 0.278. The van der Waals surface area contributed by atoms with Gasteiger partial charge in [-0.15, -0.1) is 0 Å². The first kappa shape index (κ1) is 18.5. The molecule has 0 spiro atoms. The highest BCUT2D eigenvalue weighted by molar-refractivity contribution is 7.89. The minimum absolute atomic E-state index is 0.00631. The number of nitro benzene ring substituents is 1. The molecule has 1 aliphatic heterocycles. The molecule has 28 heavy (non-hydrogen) atoms. The molecule has 1 saturated heterocycles. The minimum atomic E-state index is -3.81. The number of nitrogens with zero attached hydrogens (tertiary/aromatic N) is 2. The van der Waals surface area contributed by atoms with Gasteiger partial charge in [-0.25, -0.2) is 17.5 Å². The first-order valence-electron chi connectivity index (χ1n) is 8.58. The number of piperidine rings is 1. The van der Waals surface area contributed by atoms with E-state index in [4.69, 9.17) is 0 Å². The highest BCUT2D eigenvalue weighted by atomic mass is 32.2. The molecular weight excluding hydrogens is 389 g/mol. The van der Waals surface area contributed by atoms with Crippen molar-refractivity contribution >= 4 is 21.6 Å². The van der Waals surface area contributed by atoms with E-state index >= 15 is 0 Å². The summed E-state index contributed by atoms with van der Waals surface area (Å²) in [6.07, 6.45) is 0. The molecule has 0 radical (unpaired) electrons. The number of carbonyl (C=O) groups is 1. The predicted molar refractivity (Wildman–Crippen MR) is 96.5 cm³/mol. The summed E-state index contributed by atoms with van der Waals surface area (Å²) in [7, 11) is -3.81. The number of likely N-dealkylation sites (tertiary alicyclic amines) is 1. The highest BCUT2D eigenvalue weighted by Crippen LogP contribution is 2.46. The van der Waals surface area contributed by atoms with E-state index in [1.165, 1.54) is 35.2 Å². The summed E-state index contributed by atoms with van der Waals surface area (Å²) in [5.74, 6) is -1.03. The molecule has 1 heterocycles. The summed E-state index contributed by atoms with van der Waals surface area (Å²) in [6.45, 7) is 0.705. The number of benzene rings is 2. The van der Waals surface area contributed by atoms with Crippen molar-refractivity contribution in [3.8, 4) is 0 Å². The van der Waals surface area contributed by atoms with Gasteiger partial charge in [0.1, 0.15) is 5.82 Å². The second kappa shape index (κ2) is 6.64. The quantitative estimate of drug-likeness (QED) is 0.602. The lowest BCUT2D eigenvalue weighted by atomic mass is 10.2. The van der Waals surface area contributed by atoms with Crippen LogP contribution in [-0.4, -0.2) is 43.3 Å². The lowest BCUT2D eigenvalue weighted by molar-refractivity contribution is -0.384. The van der Waals surface area contributed by atoms with Gasteiger partial charge in [-0.2, -0.15) is 0 Å². The smallest absolute Gasteiger partial charge is 0.269 e. The van der Waals surface area contributed by atoms with Gasteiger partial charge in [0.15, 0.2) is 0 Å². The Balaban J connectivity index is 1.39. The third kappa shape index (κ3) is 3.25. The number of halogens is 1. The van der Waals surface area contributed by atoms with Crippen molar-refractivity contribution in [3.63, 3.8) is 0 Å². The van der Waals surface area contributed by atoms with E-state index in [0.717, 1.165) is 12.1 Å². The summed E-state index contributed by atoms with van der Waals surface area (Å²) in [5.41, 5.74) is -0.184. The summed E-state index contributed by atoms with van der Waals surface area (Å²) >= 11 is 0. The van der Waals surface area contributed by atoms with E-state index in [1.807, 2.05) is 0 Å². The molecule has 1 unspecified atom stereocenters. The third-order valence-electron chi connectivity index (χ3n) is 5.23. The molecule has 8 nitrogen and oxygen atoms in total. The maximum atomic E-state index is 13.8. The van der Waals surface area contributed by atoms with Crippen LogP contribution >= 0.6 is 0 Å². The molecule has 1 amide bonds. The van der Waals surface area contributed by atoms with E-state index < -0.39 is 26.7 Å². The van der Waals surface area contributed by atoms with Crippen LogP contribution < -0.4 is 4.72 Å². The first-order valence-corrected chi connectivity index (χ1v) is 10.1. The molecule has 10 heteroatoms. The van der Waals surface area contributed by atoms with Crippen molar-refractivity contribution in [3.05, 3.63) is 70.0 Å². The van der Waals surface area contributed by atoms with Gasteiger partial charge in [0.05, 0.1) is 15.4 Å². The van der Waals surface area contributed by atoms with Crippen LogP contribution in [0.1, 0.15) is 10.4 Å². The number of hydrogen-bond donors (Lipinski definition) is 1. The fourth-order valence-corrected chi connectivity index (χ4v) is 5.00. The van der Waals surface area contributed by atoms with Gasteiger partial charge in [0.2, 0.25) is 10.0 Å². The summed E-state index contributed by atoms with van der Waals surface area (Å²) in [5, 5.41) is 10.7. The molecule has 3 atom stereocenters. The maximum absolute atomic E-state index is 13.8. The molecule has 2 aliphatic rings. The van der Waals surface area contributed by atoms with E-state index in [-0.39, 0.29) is 34.0 Å². The van der Waals surface area contributed by atoms with Crippen LogP contribution in [0.2, 0.25) is 0 Å². The topological polar surface area (TPSA) is 110 Å². The lowest BCUT2D eigenvalue weighted by Crippen LogP contribution is -2.37. The van der Waals surface area contributed by atoms with Gasteiger partial charge in [0.25, 0.3) is 11.6 Å². The van der Waals surface area contributed by atoms with Crippen molar-refractivity contribution < 1.29 is 22.5 Å². The van der Waals surface area contributed by atoms with Crippen molar-refractivity contribution in [2.75, 3.05) is 13.1 Å². The number of hydrogen-bond acceptors (Lipinski definition) is 5. The number of non-ortho nitro benzene ring substituents is 1. The number of carbonyl (C=O) groups excluding carboxylic acids is 1. The van der Waals surface area contributed by atoms with Crippen molar-refractivity contribution in [1.29, 1.82) is 0 Å². The number of rotatable bonds is 5. The highest BCUT2D eigenvalue weighted by Gasteiger charge is 2.58. The second-order valence-corrected chi connectivity index (χ2v) is 8.63. The number of sulfonamides is 1. The molecule has 2 aromatic rings. The third-order valence-corrected chi connectivity index (χ3v) is 6.71. The number of nitro groups is 1. The number of amides is 1. The Bertz CT molecular complexity index is 1050. The molecule has 0 aromatic heterocycles. The summed E-state index contributed by atoms with van der Waals surface area (Å²) in [4.78, 5) is 24.0. The van der Waals surface area contributed by atoms with E-state index in [9.17, 15) is 27.7 Å². The normalized spacial score (nSPS) is 23.3. The van der Waals surface area contributed by atoms with Crippen LogP contribution in [0, 0.1) is 27.8 Å². The van der Waals surface area contributed by atoms with Gasteiger partial charge < -0.3 is 4.90 Å². The van der Waals surface area contributed by atoms with Gasteiger partial charge in [-0.05, 0) is 36.1 Å². The Hall–Kier alpha value is -2.85. The largest absolute Gasteiger partial charge is 0.338 e. The van der Waals surface area contributed by atoms with E-state index in [2.05, 4.69) is 4.72 Å². The van der Waals surface area contributed by atoms with Gasteiger partial charge in [-0.3, -0.25) is 14.9 Å². The molecule has 2 fully saturated rings. The number of nitrogens with one attached hydrogen (secondary N) is 1. The van der Waals surface area contributed by atoms with Crippen LogP contribution in [0.25, 0.3) is 0 Å². The summed E-state index contributed by atoms with van der Waals surface area (Å²) in [6, 6.07) is 10.1. The van der Waals surface area contributed by atoms with E-state index in [1.54, 1.807) is 6.07 Å². The average Bonchev–Trinajstić information content (AvgIpc) is 3.10. The van der Waals surface area contributed by atoms with Crippen molar-refractivity contribution in [2.45, 2.75) is 10.9 Å². The number of fused-ring (bicyclic) bond motifs is 1. The molecule has 4 rings (SSSR count). The Labute approximate surface area is 160 Å². The van der Waals surface area contributed by atoms with Crippen LogP contribution in [0.15, 0.2) is 53.4 Å². The molecule has 2 aromatic carbocycles. The molecule has 1 N–H and O–H groups in total. The molecule has 146 valence electrons. The zero-order valence-corrected chi connectivity index (χ0v) is 15.3. The van der Waals surface area contributed by atoms with Crippen molar-refractivity contribution in [2.24, 2.45) is 11.8 Å². The zero-order valence-electron chi connectivity index (χ0n) is 14.5.